The Morgan fingerprint density at radius 1 is 1.12 bits per heavy atom. The summed E-state index contributed by atoms with van der Waals surface area (Å²) in [6.07, 6.45) is 1.59. The highest BCUT2D eigenvalue weighted by molar-refractivity contribution is 7.22. The van der Waals surface area contributed by atoms with Crippen molar-refractivity contribution in [3.8, 4) is 0 Å². The normalized spacial score (nSPS) is 13.8. The summed E-state index contributed by atoms with van der Waals surface area (Å²) in [6, 6.07) is 16.0. The van der Waals surface area contributed by atoms with E-state index in [9.17, 15) is 9.59 Å². The Kier molecular flexibility index (Phi) is 5.71. The minimum atomic E-state index is -0.0600. The third-order valence-corrected chi connectivity index (χ3v) is 7.46. The number of amides is 2. The number of anilines is 2. The summed E-state index contributed by atoms with van der Waals surface area (Å²) in [5.74, 6) is 0.0444. The Balaban J connectivity index is 1.43. The van der Waals surface area contributed by atoms with E-state index in [-0.39, 0.29) is 18.2 Å². The quantitative estimate of drug-likeness (QED) is 0.406. The standard InChI is InChI=1S/C24H22N4O2S2/c1-16-7-5-10-19-22(16)26-24(32-19)28(14-17-8-3-2-4-9-17)21(30)13-18-15-31-23(25-18)27-12-6-11-20(27)29/h2-5,7-10,15H,6,11-14H2,1H3. The van der Waals surface area contributed by atoms with E-state index in [4.69, 9.17) is 4.98 Å². The van der Waals surface area contributed by atoms with Crippen molar-refractivity contribution in [3.63, 3.8) is 0 Å². The molecule has 5 rings (SSSR count). The zero-order valence-electron chi connectivity index (χ0n) is 17.7. The van der Waals surface area contributed by atoms with Crippen molar-refractivity contribution in [3.05, 3.63) is 70.7 Å². The second-order valence-electron chi connectivity index (χ2n) is 7.83. The van der Waals surface area contributed by atoms with Crippen LogP contribution in [0.4, 0.5) is 10.3 Å². The first-order valence-electron chi connectivity index (χ1n) is 10.5. The monoisotopic (exact) mass is 462 g/mol. The third kappa shape index (κ3) is 4.16. The predicted octanol–water partition coefficient (Wildman–Crippen LogP) is 4.96. The van der Waals surface area contributed by atoms with Gasteiger partial charge in [-0.2, -0.15) is 0 Å². The van der Waals surface area contributed by atoms with Crippen molar-refractivity contribution in [1.82, 2.24) is 9.97 Å². The molecule has 1 aliphatic heterocycles. The highest BCUT2D eigenvalue weighted by atomic mass is 32.1. The number of aryl methyl sites for hydroxylation is 1. The van der Waals surface area contributed by atoms with E-state index in [1.807, 2.05) is 60.8 Å². The number of benzene rings is 2. The maximum Gasteiger partial charge on any atom is 0.235 e. The number of fused-ring (bicyclic) bond motifs is 1. The molecule has 0 bridgehead atoms. The number of hydrogen-bond acceptors (Lipinski definition) is 6. The molecule has 6 nitrogen and oxygen atoms in total. The van der Waals surface area contributed by atoms with Gasteiger partial charge in [0, 0.05) is 18.3 Å². The van der Waals surface area contributed by atoms with Crippen molar-refractivity contribution < 1.29 is 9.59 Å². The summed E-state index contributed by atoms with van der Waals surface area (Å²) in [7, 11) is 0. The van der Waals surface area contributed by atoms with Gasteiger partial charge in [0.05, 0.1) is 28.9 Å². The molecule has 0 radical (unpaired) electrons. The highest BCUT2D eigenvalue weighted by Crippen LogP contribution is 2.32. The van der Waals surface area contributed by atoms with Crippen LogP contribution in [0.5, 0.6) is 0 Å². The van der Waals surface area contributed by atoms with Gasteiger partial charge in [0.2, 0.25) is 11.8 Å². The van der Waals surface area contributed by atoms with Crippen LogP contribution in [-0.2, 0) is 22.6 Å². The van der Waals surface area contributed by atoms with E-state index in [0.717, 1.165) is 27.8 Å². The maximum atomic E-state index is 13.5. The van der Waals surface area contributed by atoms with Gasteiger partial charge in [-0.1, -0.05) is 53.8 Å². The molecule has 0 N–H and O–H groups in total. The molecule has 1 aliphatic rings. The summed E-state index contributed by atoms with van der Waals surface area (Å²) in [5, 5.41) is 3.25. The number of thiazole rings is 2. The lowest BCUT2D eigenvalue weighted by atomic mass is 10.2. The average molecular weight is 463 g/mol. The van der Waals surface area contributed by atoms with E-state index in [2.05, 4.69) is 4.98 Å². The first-order chi connectivity index (χ1) is 15.6. The minimum Gasteiger partial charge on any atom is -0.288 e. The number of carbonyl (C=O) groups excluding carboxylic acids is 2. The molecule has 0 spiro atoms. The summed E-state index contributed by atoms with van der Waals surface area (Å²) in [6.45, 7) is 3.18. The molecule has 3 heterocycles. The Labute approximate surface area is 194 Å². The summed E-state index contributed by atoms with van der Waals surface area (Å²) >= 11 is 2.95. The van der Waals surface area contributed by atoms with Crippen LogP contribution in [0, 0.1) is 6.92 Å². The molecule has 8 heteroatoms. The van der Waals surface area contributed by atoms with Crippen LogP contribution >= 0.6 is 22.7 Å². The Morgan fingerprint density at radius 3 is 2.72 bits per heavy atom. The van der Waals surface area contributed by atoms with Gasteiger partial charge in [-0.15, -0.1) is 11.3 Å². The molecule has 4 aromatic rings. The zero-order valence-corrected chi connectivity index (χ0v) is 19.3. The van der Waals surface area contributed by atoms with Crippen LogP contribution in [0.1, 0.15) is 29.7 Å². The van der Waals surface area contributed by atoms with Crippen LogP contribution in [-0.4, -0.2) is 28.3 Å². The molecule has 0 atom stereocenters. The molecule has 2 aromatic carbocycles. The summed E-state index contributed by atoms with van der Waals surface area (Å²) < 4.78 is 1.06. The lowest BCUT2D eigenvalue weighted by Gasteiger charge is -2.19. The molecule has 2 amide bonds. The Hall–Kier alpha value is -3.10. The van der Waals surface area contributed by atoms with Crippen LogP contribution in [0.3, 0.4) is 0 Å². The van der Waals surface area contributed by atoms with Gasteiger partial charge in [0.25, 0.3) is 0 Å². The summed E-state index contributed by atoms with van der Waals surface area (Å²) in [5.41, 5.74) is 3.75. The molecule has 162 valence electrons. The molecular weight excluding hydrogens is 440 g/mol. The highest BCUT2D eigenvalue weighted by Gasteiger charge is 2.26. The predicted molar refractivity (Wildman–Crippen MR) is 129 cm³/mol. The maximum absolute atomic E-state index is 13.5. The van der Waals surface area contributed by atoms with Gasteiger partial charge in [0.1, 0.15) is 0 Å². The third-order valence-electron chi connectivity index (χ3n) is 5.50. The molecule has 1 saturated heterocycles. The van der Waals surface area contributed by atoms with Gasteiger partial charge < -0.3 is 0 Å². The topological polar surface area (TPSA) is 66.4 Å². The zero-order chi connectivity index (χ0) is 22.1. The molecule has 2 aromatic heterocycles. The average Bonchev–Trinajstić information content (AvgIpc) is 3.53. The first kappa shape index (κ1) is 20.8. The number of aromatic nitrogens is 2. The van der Waals surface area contributed by atoms with Gasteiger partial charge in [0.15, 0.2) is 10.3 Å². The van der Waals surface area contributed by atoms with Crippen molar-refractivity contribution in [1.29, 1.82) is 0 Å². The Morgan fingerprint density at radius 2 is 1.97 bits per heavy atom. The molecule has 1 fully saturated rings. The Bertz CT molecular complexity index is 1280. The lowest BCUT2D eigenvalue weighted by molar-refractivity contribution is -0.118. The van der Waals surface area contributed by atoms with E-state index >= 15 is 0 Å². The number of hydrogen-bond donors (Lipinski definition) is 0. The van der Waals surface area contributed by atoms with Crippen molar-refractivity contribution >= 4 is 55.0 Å². The van der Waals surface area contributed by atoms with Crippen molar-refractivity contribution in [2.24, 2.45) is 0 Å². The fourth-order valence-electron chi connectivity index (χ4n) is 3.82. The fraction of sp³-hybridized carbons (Fsp3) is 0.250. The van der Waals surface area contributed by atoms with Gasteiger partial charge in [-0.25, -0.2) is 9.97 Å². The van der Waals surface area contributed by atoms with Gasteiger partial charge >= 0.3 is 0 Å². The summed E-state index contributed by atoms with van der Waals surface area (Å²) in [4.78, 5) is 38.3. The number of nitrogens with zero attached hydrogens (tertiary/aromatic N) is 4. The second kappa shape index (κ2) is 8.80. The van der Waals surface area contributed by atoms with Crippen LogP contribution in [0.25, 0.3) is 10.2 Å². The molecular formula is C24H22N4O2S2. The van der Waals surface area contributed by atoms with Crippen LogP contribution < -0.4 is 9.80 Å². The largest absolute Gasteiger partial charge is 0.288 e. The van der Waals surface area contributed by atoms with E-state index in [1.54, 1.807) is 9.80 Å². The van der Waals surface area contributed by atoms with E-state index in [1.165, 1.54) is 22.7 Å². The lowest BCUT2D eigenvalue weighted by Crippen LogP contribution is -2.32. The van der Waals surface area contributed by atoms with Gasteiger partial charge in [-0.3, -0.25) is 19.4 Å². The molecule has 0 saturated carbocycles. The van der Waals surface area contributed by atoms with E-state index < -0.39 is 0 Å². The molecule has 0 aliphatic carbocycles. The van der Waals surface area contributed by atoms with Gasteiger partial charge in [-0.05, 0) is 30.5 Å². The number of carbonyl (C=O) groups is 2. The first-order valence-corrected chi connectivity index (χ1v) is 12.2. The second-order valence-corrected chi connectivity index (χ2v) is 9.68. The molecule has 32 heavy (non-hydrogen) atoms. The van der Waals surface area contributed by atoms with Crippen LogP contribution in [0.15, 0.2) is 53.9 Å². The minimum absolute atomic E-state index is 0.0600. The van der Waals surface area contributed by atoms with Crippen molar-refractivity contribution in [2.45, 2.75) is 32.7 Å². The number of rotatable bonds is 6. The van der Waals surface area contributed by atoms with E-state index in [0.29, 0.717) is 35.5 Å². The smallest absolute Gasteiger partial charge is 0.235 e. The SMILES string of the molecule is Cc1cccc2sc(N(Cc3ccccc3)C(=O)Cc3csc(N4CCCC4=O)n3)nc12. The van der Waals surface area contributed by atoms with Crippen molar-refractivity contribution in [2.75, 3.05) is 16.3 Å². The molecule has 0 unspecified atom stereocenters. The fourth-order valence-corrected chi connectivity index (χ4v) is 5.75. The number of para-hydroxylation sites is 1. The van der Waals surface area contributed by atoms with Crippen LogP contribution in [0.2, 0.25) is 0 Å².